The van der Waals surface area contributed by atoms with Crippen molar-refractivity contribution in [2.75, 3.05) is 19.9 Å². The van der Waals surface area contributed by atoms with Gasteiger partial charge in [-0.05, 0) is 18.2 Å². The fourth-order valence-electron chi connectivity index (χ4n) is 2.02. The Morgan fingerprint density at radius 1 is 1.43 bits per heavy atom. The SMILES string of the molecule is C=CCN(CC(C)C(=O)O)C(=O)c1ccc2c(c1)OCO2. The van der Waals surface area contributed by atoms with Crippen LogP contribution in [0, 0.1) is 5.92 Å². The van der Waals surface area contributed by atoms with E-state index in [1.807, 2.05) is 0 Å². The number of nitrogens with zero attached hydrogens (tertiary/aromatic N) is 1. The molecular weight excluding hydrogens is 274 g/mol. The van der Waals surface area contributed by atoms with E-state index in [1.165, 1.54) is 4.90 Å². The summed E-state index contributed by atoms with van der Waals surface area (Å²) in [4.78, 5) is 24.9. The molecule has 0 radical (unpaired) electrons. The molecule has 1 aliphatic rings. The van der Waals surface area contributed by atoms with Gasteiger partial charge in [0.2, 0.25) is 6.79 Å². The van der Waals surface area contributed by atoms with Gasteiger partial charge < -0.3 is 19.5 Å². The summed E-state index contributed by atoms with van der Waals surface area (Å²) in [6.07, 6.45) is 1.57. The van der Waals surface area contributed by atoms with Gasteiger partial charge in [0, 0.05) is 18.7 Å². The first kappa shape index (κ1) is 14.9. The molecule has 1 atom stereocenters. The van der Waals surface area contributed by atoms with Crippen LogP contribution in [-0.4, -0.2) is 41.8 Å². The predicted octanol–water partition coefficient (Wildman–Crippen LogP) is 1.76. The van der Waals surface area contributed by atoms with Crippen LogP contribution >= 0.6 is 0 Å². The lowest BCUT2D eigenvalue weighted by Gasteiger charge is -2.23. The second-order valence-corrected chi connectivity index (χ2v) is 4.81. The molecule has 0 saturated heterocycles. The van der Waals surface area contributed by atoms with Crippen molar-refractivity contribution in [2.24, 2.45) is 5.92 Å². The number of benzene rings is 1. The number of hydrogen-bond acceptors (Lipinski definition) is 4. The van der Waals surface area contributed by atoms with Crippen molar-refractivity contribution in [1.82, 2.24) is 4.90 Å². The van der Waals surface area contributed by atoms with E-state index in [4.69, 9.17) is 14.6 Å². The molecule has 1 unspecified atom stereocenters. The molecule has 6 nitrogen and oxygen atoms in total. The van der Waals surface area contributed by atoms with Crippen molar-refractivity contribution >= 4 is 11.9 Å². The van der Waals surface area contributed by atoms with E-state index >= 15 is 0 Å². The van der Waals surface area contributed by atoms with Gasteiger partial charge in [0.15, 0.2) is 11.5 Å². The molecule has 6 heteroatoms. The fourth-order valence-corrected chi connectivity index (χ4v) is 2.02. The van der Waals surface area contributed by atoms with E-state index in [9.17, 15) is 9.59 Å². The van der Waals surface area contributed by atoms with Crippen molar-refractivity contribution in [3.8, 4) is 11.5 Å². The molecular formula is C15H17NO5. The minimum atomic E-state index is -0.942. The highest BCUT2D eigenvalue weighted by Gasteiger charge is 2.23. The molecule has 1 aromatic rings. The quantitative estimate of drug-likeness (QED) is 0.808. The fraction of sp³-hybridized carbons (Fsp3) is 0.333. The minimum Gasteiger partial charge on any atom is -0.481 e. The topological polar surface area (TPSA) is 76.1 Å². The second-order valence-electron chi connectivity index (χ2n) is 4.81. The van der Waals surface area contributed by atoms with Crippen LogP contribution in [0.5, 0.6) is 11.5 Å². The maximum atomic E-state index is 12.5. The summed E-state index contributed by atoms with van der Waals surface area (Å²) in [7, 11) is 0. The molecule has 0 aromatic heterocycles. The van der Waals surface area contributed by atoms with E-state index in [0.717, 1.165) is 0 Å². The number of hydrogen-bond donors (Lipinski definition) is 1. The summed E-state index contributed by atoms with van der Waals surface area (Å²) in [6, 6.07) is 4.91. The summed E-state index contributed by atoms with van der Waals surface area (Å²) in [5, 5.41) is 8.98. The molecule has 1 aromatic carbocycles. The number of rotatable bonds is 6. The van der Waals surface area contributed by atoms with Crippen molar-refractivity contribution in [3.63, 3.8) is 0 Å². The standard InChI is InChI=1S/C15H17NO5/c1-3-6-16(8-10(2)15(18)19)14(17)11-4-5-12-13(7-11)21-9-20-12/h3-5,7,10H,1,6,8-9H2,2H3,(H,18,19). The maximum absolute atomic E-state index is 12.5. The largest absolute Gasteiger partial charge is 0.481 e. The molecule has 1 aliphatic heterocycles. The number of aliphatic carboxylic acids is 1. The van der Waals surface area contributed by atoms with Gasteiger partial charge in [0.05, 0.1) is 5.92 Å². The Morgan fingerprint density at radius 3 is 2.81 bits per heavy atom. The van der Waals surface area contributed by atoms with Gasteiger partial charge in [0.1, 0.15) is 0 Å². The van der Waals surface area contributed by atoms with Gasteiger partial charge >= 0.3 is 5.97 Å². The molecule has 0 aliphatic carbocycles. The first-order chi connectivity index (χ1) is 10.0. The number of amides is 1. The highest BCUT2D eigenvalue weighted by Crippen LogP contribution is 2.32. The highest BCUT2D eigenvalue weighted by atomic mass is 16.7. The number of fused-ring (bicyclic) bond motifs is 1. The van der Waals surface area contributed by atoms with Gasteiger partial charge in [-0.3, -0.25) is 9.59 Å². The van der Waals surface area contributed by atoms with Gasteiger partial charge in [-0.25, -0.2) is 0 Å². The molecule has 1 amide bonds. The molecule has 1 heterocycles. The van der Waals surface area contributed by atoms with Gasteiger partial charge in [-0.15, -0.1) is 6.58 Å². The summed E-state index contributed by atoms with van der Waals surface area (Å²) < 4.78 is 10.4. The van der Waals surface area contributed by atoms with Gasteiger partial charge in [0.25, 0.3) is 5.91 Å². The highest BCUT2D eigenvalue weighted by molar-refractivity contribution is 5.95. The Balaban J connectivity index is 2.17. The van der Waals surface area contributed by atoms with E-state index < -0.39 is 11.9 Å². The number of carboxylic acid groups (broad SMARTS) is 1. The Labute approximate surface area is 122 Å². The van der Waals surface area contributed by atoms with Crippen LogP contribution in [0.2, 0.25) is 0 Å². The van der Waals surface area contributed by atoms with Gasteiger partial charge in [-0.2, -0.15) is 0 Å². The first-order valence-electron chi connectivity index (χ1n) is 6.55. The third-order valence-electron chi connectivity index (χ3n) is 3.17. The maximum Gasteiger partial charge on any atom is 0.308 e. The molecule has 0 bridgehead atoms. The average Bonchev–Trinajstić information content (AvgIpc) is 2.93. The van der Waals surface area contributed by atoms with Crippen molar-refractivity contribution in [1.29, 1.82) is 0 Å². The van der Waals surface area contributed by atoms with Crippen LogP contribution in [0.1, 0.15) is 17.3 Å². The summed E-state index contributed by atoms with van der Waals surface area (Å²) in [6.45, 7) is 5.70. The van der Waals surface area contributed by atoms with E-state index in [2.05, 4.69) is 6.58 Å². The lowest BCUT2D eigenvalue weighted by molar-refractivity contribution is -0.141. The molecule has 0 spiro atoms. The summed E-state index contributed by atoms with van der Waals surface area (Å²) >= 11 is 0. The zero-order valence-corrected chi connectivity index (χ0v) is 11.7. The number of carboxylic acids is 1. The van der Waals surface area contributed by atoms with Crippen LogP contribution in [0.4, 0.5) is 0 Å². The van der Waals surface area contributed by atoms with Crippen LogP contribution in [0.3, 0.4) is 0 Å². The van der Waals surface area contributed by atoms with E-state index in [-0.39, 0.29) is 25.8 Å². The van der Waals surface area contributed by atoms with Crippen molar-refractivity contribution in [2.45, 2.75) is 6.92 Å². The zero-order chi connectivity index (χ0) is 15.4. The predicted molar refractivity (Wildman–Crippen MR) is 75.5 cm³/mol. The van der Waals surface area contributed by atoms with Gasteiger partial charge in [-0.1, -0.05) is 13.0 Å². The number of ether oxygens (including phenoxy) is 2. The third kappa shape index (κ3) is 3.34. The third-order valence-corrected chi connectivity index (χ3v) is 3.17. The molecule has 0 fully saturated rings. The average molecular weight is 291 g/mol. The Morgan fingerprint density at radius 2 is 2.14 bits per heavy atom. The Bertz CT molecular complexity index is 569. The molecule has 2 rings (SSSR count). The van der Waals surface area contributed by atoms with Crippen molar-refractivity contribution in [3.05, 3.63) is 36.4 Å². The molecule has 21 heavy (non-hydrogen) atoms. The van der Waals surface area contributed by atoms with E-state index in [0.29, 0.717) is 17.1 Å². The lowest BCUT2D eigenvalue weighted by Crippen LogP contribution is -2.37. The smallest absolute Gasteiger partial charge is 0.308 e. The van der Waals surface area contributed by atoms with Crippen LogP contribution in [-0.2, 0) is 4.79 Å². The Kier molecular flexibility index (Phi) is 4.47. The molecule has 1 N–H and O–H groups in total. The Hall–Kier alpha value is -2.50. The number of carbonyl (C=O) groups is 2. The zero-order valence-electron chi connectivity index (χ0n) is 11.7. The van der Waals surface area contributed by atoms with E-state index in [1.54, 1.807) is 31.2 Å². The monoisotopic (exact) mass is 291 g/mol. The molecule has 0 saturated carbocycles. The van der Waals surface area contributed by atoms with Crippen molar-refractivity contribution < 1.29 is 24.2 Å². The first-order valence-corrected chi connectivity index (χ1v) is 6.55. The van der Waals surface area contributed by atoms with Crippen LogP contribution < -0.4 is 9.47 Å². The molecule has 112 valence electrons. The van der Waals surface area contributed by atoms with Crippen LogP contribution in [0.25, 0.3) is 0 Å². The lowest BCUT2D eigenvalue weighted by atomic mass is 10.1. The summed E-state index contributed by atoms with van der Waals surface area (Å²) in [5.74, 6) is -0.738. The normalized spacial score (nSPS) is 13.6. The van der Waals surface area contributed by atoms with Crippen LogP contribution in [0.15, 0.2) is 30.9 Å². The second kappa shape index (κ2) is 6.30. The minimum absolute atomic E-state index is 0.120. The number of carbonyl (C=O) groups excluding carboxylic acids is 1. The summed E-state index contributed by atoms with van der Waals surface area (Å²) in [5.41, 5.74) is 0.429.